The number of thioether (sulfide) groups is 1. The van der Waals surface area contributed by atoms with E-state index in [-0.39, 0.29) is 18.3 Å². The number of hydrogen-bond acceptors (Lipinski definition) is 6. The number of ketones is 1. The second-order valence-electron chi connectivity index (χ2n) is 5.74. The number of carbonyl (C=O) groups is 3. The first-order chi connectivity index (χ1) is 13.6. The van der Waals surface area contributed by atoms with Crippen molar-refractivity contribution in [2.45, 2.75) is 4.90 Å². The summed E-state index contributed by atoms with van der Waals surface area (Å²) >= 11 is 2.93. The average Bonchev–Trinajstić information content (AvgIpc) is 3.27. The lowest BCUT2D eigenvalue weighted by atomic mass is 10.1. The van der Waals surface area contributed by atoms with Crippen LogP contribution < -0.4 is 5.32 Å². The van der Waals surface area contributed by atoms with E-state index >= 15 is 0 Å². The van der Waals surface area contributed by atoms with Crippen molar-refractivity contribution < 1.29 is 19.1 Å². The molecule has 3 rings (SSSR count). The van der Waals surface area contributed by atoms with Gasteiger partial charge in [0.15, 0.2) is 12.4 Å². The van der Waals surface area contributed by atoms with Gasteiger partial charge in [-0.25, -0.2) is 4.79 Å². The minimum Gasteiger partial charge on any atom is -0.454 e. The monoisotopic (exact) mass is 411 g/mol. The zero-order valence-electron chi connectivity index (χ0n) is 15.0. The molecule has 0 aliphatic carbocycles. The molecule has 3 aromatic rings. The van der Waals surface area contributed by atoms with Crippen LogP contribution in [-0.2, 0) is 4.74 Å². The van der Waals surface area contributed by atoms with E-state index in [0.717, 1.165) is 4.90 Å². The summed E-state index contributed by atoms with van der Waals surface area (Å²) in [6.45, 7) is -0.325. The maximum atomic E-state index is 12.1. The lowest BCUT2D eigenvalue weighted by Gasteiger charge is -2.07. The minimum atomic E-state index is -0.592. The molecule has 0 saturated carbocycles. The van der Waals surface area contributed by atoms with Gasteiger partial charge in [0, 0.05) is 16.1 Å². The van der Waals surface area contributed by atoms with Crippen LogP contribution >= 0.6 is 23.1 Å². The van der Waals surface area contributed by atoms with Gasteiger partial charge >= 0.3 is 5.97 Å². The normalized spacial score (nSPS) is 10.3. The van der Waals surface area contributed by atoms with Crippen molar-refractivity contribution in [1.82, 2.24) is 0 Å². The van der Waals surface area contributed by atoms with E-state index in [0.29, 0.717) is 21.7 Å². The summed E-state index contributed by atoms with van der Waals surface area (Å²) in [5.41, 5.74) is 1.37. The molecule has 0 fully saturated rings. The average molecular weight is 412 g/mol. The Hall–Kier alpha value is -2.90. The van der Waals surface area contributed by atoms with E-state index in [4.69, 9.17) is 4.74 Å². The lowest BCUT2D eigenvalue weighted by Crippen LogP contribution is -2.14. The van der Waals surface area contributed by atoms with E-state index < -0.39 is 5.97 Å². The number of carbonyl (C=O) groups excluding carboxylic acids is 3. The summed E-state index contributed by atoms with van der Waals surface area (Å²) in [5.74, 6) is -1.06. The Morgan fingerprint density at radius 3 is 2.25 bits per heavy atom. The number of benzene rings is 2. The fourth-order valence-electron chi connectivity index (χ4n) is 2.36. The van der Waals surface area contributed by atoms with Crippen LogP contribution in [0.15, 0.2) is 70.9 Å². The molecular weight excluding hydrogens is 394 g/mol. The van der Waals surface area contributed by atoms with Crippen LogP contribution in [0.25, 0.3) is 0 Å². The quantitative estimate of drug-likeness (QED) is 0.345. The maximum Gasteiger partial charge on any atom is 0.338 e. The van der Waals surface area contributed by atoms with Gasteiger partial charge in [-0.1, -0.05) is 18.2 Å². The number of Topliss-reactive ketones (excluding diaryl/α,β-unsaturated/α-hetero) is 1. The van der Waals surface area contributed by atoms with Gasteiger partial charge in [-0.3, -0.25) is 9.59 Å². The highest BCUT2D eigenvalue weighted by molar-refractivity contribution is 7.98. The number of hydrogen-bond donors (Lipinski definition) is 1. The van der Waals surface area contributed by atoms with Gasteiger partial charge in [0.05, 0.1) is 10.4 Å². The van der Waals surface area contributed by atoms with Crippen LogP contribution in [0.1, 0.15) is 30.4 Å². The Kier molecular flexibility index (Phi) is 6.62. The van der Waals surface area contributed by atoms with Gasteiger partial charge < -0.3 is 10.1 Å². The van der Waals surface area contributed by atoms with Crippen molar-refractivity contribution in [2.24, 2.45) is 0 Å². The van der Waals surface area contributed by atoms with E-state index in [9.17, 15) is 14.4 Å². The number of anilines is 1. The highest BCUT2D eigenvalue weighted by Crippen LogP contribution is 2.16. The second-order valence-corrected chi connectivity index (χ2v) is 7.56. The zero-order valence-corrected chi connectivity index (χ0v) is 16.6. The van der Waals surface area contributed by atoms with Crippen molar-refractivity contribution in [3.05, 3.63) is 82.0 Å². The van der Waals surface area contributed by atoms with Crippen molar-refractivity contribution >= 4 is 46.4 Å². The number of ether oxygens (including phenoxy) is 1. The van der Waals surface area contributed by atoms with Crippen LogP contribution in [0.2, 0.25) is 0 Å². The number of rotatable bonds is 7. The van der Waals surface area contributed by atoms with Crippen molar-refractivity contribution in [3.63, 3.8) is 0 Å². The predicted octanol–water partition coefficient (Wildman–Crippen LogP) is 4.76. The second kappa shape index (κ2) is 9.34. The molecule has 0 saturated heterocycles. The molecule has 0 atom stereocenters. The molecule has 0 bridgehead atoms. The number of amides is 1. The largest absolute Gasteiger partial charge is 0.454 e. The van der Waals surface area contributed by atoms with Crippen molar-refractivity contribution in [1.29, 1.82) is 0 Å². The number of thiophene rings is 1. The third kappa shape index (κ3) is 5.09. The number of esters is 1. The molecule has 1 amide bonds. The molecule has 28 heavy (non-hydrogen) atoms. The van der Waals surface area contributed by atoms with Gasteiger partial charge in [-0.05, 0) is 54.1 Å². The zero-order chi connectivity index (χ0) is 19.9. The fraction of sp³-hybridized carbons (Fsp3) is 0.0952. The lowest BCUT2D eigenvalue weighted by molar-refractivity contribution is 0.0475. The van der Waals surface area contributed by atoms with Gasteiger partial charge in [-0.2, -0.15) is 0 Å². The molecule has 142 valence electrons. The molecule has 7 heteroatoms. The predicted molar refractivity (Wildman–Crippen MR) is 112 cm³/mol. The Morgan fingerprint density at radius 1 is 0.964 bits per heavy atom. The first-order valence-electron chi connectivity index (χ1n) is 8.36. The van der Waals surface area contributed by atoms with Gasteiger partial charge in [0.25, 0.3) is 5.91 Å². The molecule has 0 spiro atoms. The van der Waals surface area contributed by atoms with Crippen molar-refractivity contribution in [2.75, 3.05) is 18.2 Å². The first kappa shape index (κ1) is 19.9. The molecule has 2 aromatic carbocycles. The highest BCUT2D eigenvalue weighted by atomic mass is 32.2. The minimum absolute atomic E-state index is 0.205. The molecule has 1 aromatic heterocycles. The first-order valence-corrected chi connectivity index (χ1v) is 10.5. The smallest absolute Gasteiger partial charge is 0.338 e. The van der Waals surface area contributed by atoms with Crippen LogP contribution in [0.5, 0.6) is 0 Å². The summed E-state index contributed by atoms with van der Waals surface area (Å²) in [4.78, 5) is 38.0. The van der Waals surface area contributed by atoms with E-state index in [2.05, 4.69) is 5.32 Å². The molecular formula is C21H17NO4S2. The van der Waals surface area contributed by atoms with E-state index in [1.165, 1.54) is 11.3 Å². The molecule has 0 aliphatic heterocycles. The molecule has 1 N–H and O–H groups in total. The Labute approximate surface area is 170 Å². The van der Waals surface area contributed by atoms with Crippen LogP contribution in [0.4, 0.5) is 5.69 Å². The Bertz CT molecular complexity index is 965. The third-order valence-electron chi connectivity index (χ3n) is 3.87. The summed E-state index contributed by atoms with van der Waals surface area (Å²) in [7, 11) is 0. The standard InChI is InChI=1S/C21H17NO4S2/c1-27-17-10-6-14(7-11-17)18(23)13-26-21(25)15-4-8-16(9-5-15)22-20(24)19-3-2-12-28-19/h2-12H,13H2,1H3,(H,22,24). The van der Waals surface area contributed by atoms with Crippen LogP contribution in [-0.4, -0.2) is 30.5 Å². The topological polar surface area (TPSA) is 72.5 Å². The Morgan fingerprint density at radius 2 is 1.64 bits per heavy atom. The van der Waals surface area contributed by atoms with Gasteiger partial charge in [-0.15, -0.1) is 23.1 Å². The highest BCUT2D eigenvalue weighted by Gasteiger charge is 2.13. The van der Waals surface area contributed by atoms with E-state index in [1.54, 1.807) is 60.3 Å². The molecule has 0 unspecified atom stereocenters. The van der Waals surface area contributed by atoms with Crippen molar-refractivity contribution in [3.8, 4) is 0 Å². The van der Waals surface area contributed by atoms with Crippen LogP contribution in [0, 0.1) is 0 Å². The Balaban J connectivity index is 1.54. The van der Waals surface area contributed by atoms with Crippen LogP contribution in [0.3, 0.4) is 0 Å². The SMILES string of the molecule is CSc1ccc(C(=O)COC(=O)c2ccc(NC(=O)c3cccs3)cc2)cc1. The molecule has 5 nitrogen and oxygen atoms in total. The molecule has 1 heterocycles. The molecule has 0 radical (unpaired) electrons. The van der Waals surface area contributed by atoms with E-state index in [1.807, 2.05) is 23.8 Å². The van der Waals surface area contributed by atoms with Gasteiger partial charge in [0.1, 0.15) is 0 Å². The summed E-state index contributed by atoms with van der Waals surface area (Å²) < 4.78 is 5.10. The summed E-state index contributed by atoms with van der Waals surface area (Å²) in [6.07, 6.45) is 1.96. The summed E-state index contributed by atoms with van der Waals surface area (Å²) in [6, 6.07) is 17.0. The summed E-state index contributed by atoms with van der Waals surface area (Å²) in [5, 5.41) is 4.58. The third-order valence-corrected chi connectivity index (χ3v) is 5.48. The van der Waals surface area contributed by atoms with Gasteiger partial charge in [0.2, 0.25) is 0 Å². The molecule has 0 aliphatic rings. The fourth-order valence-corrected chi connectivity index (χ4v) is 3.39. The maximum absolute atomic E-state index is 12.1. The number of nitrogens with one attached hydrogen (secondary N) is 1.